The molecule has 0 radical (unpaired) electrons. The molecule has 2 aromatic carbocycles. The standard InChI is InChI=1S/C15H7Cl3N4S/c16-8-5-6-9(12(18)7-8)13-19-20-15-22(13)21-14(23-15)10-3-1-2-4-11(10)17/h1-7H. The van der Waals surface area contributed by atoms with Crippen LogP contribution in [0.4, 0.5) is 0 Å². The van der Waals surface area contributed by atoms with E-state index in [0.717, 1.165) is 16.1 Å². The van der Waals surface area contributed by atoms with E-state index in [1.807, 2.05) is 24.3 Å². The molecule has 2 heterocycles. The summed E-state index contributed by atoms with van der Waals surface area (Å²) in [5, 5.41) is 15.4. The molecule has 114 valence electrons. The SMILES string of the molecule is Clc1ccc(-c2nnc3sc(-c4ccccc4Cl)nn23)c(Cl)c1. The van der Waals surface area contributed by atoms with Gasteiger partial charge in [0.05, 0.1) is 10.0 Å². The summed E-state index contributed by atoms with van der Waals surface area (Å²) >= 11 is 19.9. The van der Waals surface area contributed by atoms with Gasteiger partial charge in [0.2, 0.25) is 4.96 Å². The van der Waals surface area contributed by atoms with Gasteiger partial charge < -0.3 is 0 Å². The van der Waals surface area contributed by atoms with Crippen molar-refractivity contribution in [3.8, 4) is 22.0 Å². The summed E-state index contributed by atoms with van der Waals surface area (Å²) in [6.07, 6.45) is 0. The maximum Gasteiger partial charge on any atom is 0.235 e. The molecule has 0 amide bonds. The van der Waals surface area contributed by atoms with Crippen LogP contribution >= 0.6 is 46.1 Å². The van der Waals surface area contributed by atoms with Gasteiger partial charge in [0.25, 0.3) is 0 Å². The summed E-state index contributed by atoms with van der Waals surface area (Å²) in [5.74, 6) is 0.566. The van der Waals surface area contributed by atoms with Crippen LogP contribution in [0.15, 0.2) is 42.5 Å². The van der Waals surface area contributed by atoms with Crippen LogP contribution in [0.2, 0.25) is 15.1 Å². The summed E-state index contributed by atoms with van der Waals surface area (Å²) in [6.45, 7) is 0. The van der Waals surface area contributed by atoms with Crippen molar-refractivity contribution in [3.05, 3.63) is 57.5 Å². The lowest BCUT2D eigenvalue weighted by molar-refractivity contribution is 0.971. The molecule has 0 spiro atoms. The van der Waals surface area contributed by atoms with Gasteiger partial charge in [-0.15, -0.1) is 10.2 Å². The first-order valence-electron chi connectivity index (χ1n) is 6.56. The van der Waals surface area contributed by atoms with Gasteiger partial charge in [-0.3, -0.25) is 0 Å². The fourth-order valence-electron chi connectivity index (χ4n) is 2.20. The van der Waals surface area contributed by atoms with Crippen LogP contribution < -0.4 is 0 Å². The van der Waals surface area contributed by atoms with Crippen molar-refractivity contribution in [3.63, 3.8) is 0 Å². The molecule has 4 rings (SSSR count). The molecular formula is C15H7Cl3N4S. The molecule has 2 aromatic heterocycles. The van der Waals surface area contributed by atoms with Crippen LogP contribution in [0.3, 0.4) is 0 Å². The van der Waals surface area contributed by atoms with Crippen LogP contribution in [0.1, 0.15) is 0 Å². The number of hydrogen-bond donors (Lipinski definition) is 0. The molecule has 0 N–H and O–H groups in total. The summed E-state index contributed by atoms with van der Waals surface area (Å²) in [5.41, 5.74) is 1.58. The van der Waals surface area contributed by atoms with Gasteiger partial charge in [-0.2, -0.15) is 9.61 Å². The zero-order chi connectivity index (χ0) is 16.0. The Hall–Kier alpha value is -1.66. The molecule has 23 heavy (non-hydrogen) atoms. The van der Waals surface area contributed by atoms with Gasteiger partial charge in [-0.1, -0.05) is 64.3 Å². The van der Waals surface area contributed by atoms with Crippen LogP contribution in [0, 0.1) is 0 Å². The van der Waals surface area contributed by atoms with Gasteiger partial charge in [0, 0.05) is 16.1 Å². The number of benzene rings is 2. The lowest BCUT2D eigenvalue weighted by Crippen LogP contribution is -1.92. The van der Waals surface area contributed by atoms with Crippen molar-refractivity contribution in [1.82, 2.24) is 19.8 Å². The second-order valence-electron chi connectivity index (χ2n) is 4.73. The number of rotatable bonds is 2. The van der Waals surface area contributed by atoms with E-state index in [4.69, 9.17) is 34.8 Å². The average molecular weight is 382 g/mol. The molecule has 4 aromatic rings. The smallest absolute Gasteiger partial charge is 0.182 e. The van der Waals surface area contributed by atoms with Crippen molar-refractivity contribution in [1.29, 1.82) is 0 Å². The molecule has 0 aliphatic heterocycles. The predicted molar refractivity (Wildman–Crippen MR) is 94.6 cm³/mol. The van der Waals surface area contributed by atoms with Crippen molar-refractivity contribution in [2.75, 3.05) is 0 Å². The average Bonchev–Trinajstić information content (AvgIpc) is 3.09. The normalized spacial score (nSPS) is 11.3. The largest absolute Gasteiger partial charge is 0.235 e. The minimum absolute atomic E-state index is 0.499. The molecule has 0 atom stereocenters. The van der Waals surface area contributed by atoms with Crippen molar-refractivity contribution in [2.24, 2.45) is 0 Å². The highest BCUT2D eigenvalue weighted by Gasteiger charge is 2.17. The van der Waals surface area contributed by atoms with Crippen molar-refractivity contribution >= 4 is 51.1 Å². The van der Waals surface area contributed by atoms with Gasteiger partial charge in [0.15, 0.2) is 5.82 Å². The van der Waals surface area contributed by atoms with Gasteiger partial charge >= 0.3 is 0 Å². The highest BCUT2D eigenvalue weighted by molar-refractivity contribution is 7.19. The van der Waals surface area contributed by atoms with E-state index in [1.54, 1.807) is 22.7 Å². The fraction of sp³-hybridized carbons (Fsp3) is 0. The second kappa shape index (κ2) is 5.76. The molecule has 0 bridgehead atoms. The third kappa shape index (κ3) is 2.60. The first kappa shape index (κ1) is 14.9. The lowest BCUT2D eigenvalue weighted by atomic mass is 10.2. The number of aromatic nitrogens is 4. The topological polar surface area (TPSA) is 43.1 Å². The Kier molecular flexibility index (Phi) is 3.73. The molecule has 0 aliphatic rings. The fourth-order valence-corrected chi connectivity index (χ4v) is 3.85. The summed E-state index contributed by atoms with van der Waals surface area (Å²) in [4.78, 5) is 0.668. The highest BCUT2D eigenvalue weighted by Crippen LogP contribution is 2.34. The molecule has 0 aliphatic carbocycles. The highest BCUT2D eigenvalue weighted by atomic mass is 35.5. The third-order valence-electron chi connectivity index (χ3n) is 3.27. The number of fused-ring (bicyclic) bond motifs is 1. The zero-order valence-corrected chi connectivity index (χ0v) is 14.5. The lowest BCUT2D eigenvalue weighted by Gasteiger charge is -2.01. The van der Waals surface area contributed by atoms with Crippen LogP contribution in [0.5, 0.6) is 0 Å². The molecule has 0 unspecified atom stereocenters. The van der Waals surface area contributed by atoms with Crippen molar-refractivity contribution < 1.29 is 0 Å². The molecule has 4 nitrogen and oxygen atoms in total. The van der Waals surface area contributed by atoms with Crippen LogP contribution in [0.25, 0.3) is 26.9 Å². The molecular weight excluding hydrogens is 375 g/mol. The van der Waals surface area contributed by atoms with Crippen molar-refractivity contribution in [2.45, 2.75) is 0 Å². The second-order valence-corrected chi connectivity index (χ2v) is 6.94. The Morgan fingerprint density at radius 3 is 2.48 bits per heavy atom. The van der Waals surface area contributed by atoms with E-state index in [0.29, 0.717) is 25.9 Å². The van der Waals surface area contributed by atoms with E-state index in [-0.39, 0.29) is 0 Å². The van der Waals surface area contributed by atoms with E-state index in [2.05, 4.69) is 15.3 Å². The quantitative estimate of drug-likeness (QED) is 0.462. The van der Waals surface area contributed by atoms with Crippen LogP contribution in [-0.4, -0.2) is 19.8 Å². The monoisotopic (exact) mass is 380 g/mol. The minimum atomic E-state index is 0.499. The number of hydrogen-bond acceptors (Lipinski definition) is 4. The Balaban J connectivity index is 1.89. The maximum atomic E-state index is 6.26. The van der Waals surface area contributed by atoms with E-state index in [9.17, 15) is 0 Å². The zero-order valence-electron chi connectivity index (χ0n) is 11.4. The van der Waals surface area contributed by atoms with Gasteiger partial charge in [-0.05, 0) is 24.3 Å². The molecule has 0 saturated carbocycles. The van der Waals surface area contributed by atoms with Gasteiger partial charge in [-0.25, -0.2) is 0 Å². The Bertz CT molecular complexity index is 1020. The number of nitrogens with zero attached hydrogens (tertiary/aromatic N) is 4. The molecule has 0 saturated heterocycles. The first-order valence-corrected chi connectivity index (χ1v) is 8.51. The summed E-state index contributed by atoms with van der Waals surface area (Å²) in [6, 6.07) is 12.8. The van der Waals surface area contributed by atoms with E-state index < -0.39 is 0 Å². The van der Waals surface area contributed by atoms with E-state index in [1.165, 1.54) is 11.3 Å². The Morgan fingerprint density at radius 1 is 0.870 bits per heavy atom. The predicted octanol–water partition coefficient (Wildman–Crippen LogP) is 5.48. The summed E-state index contributed by atoms with van der Waals surface area (Å²) in [7, 11) is 0. The number of halogens is 3. The van der Waals surface area contributed by atoms with Crippen LogP contribution in [-0.2, 0) is 0 Å². The maximum absolute atomic E-state index is 6.26. The molecule has 0 fully saturated rings. The Labute approximate surface area is 150 Å². The molecule has 8 heteroatoms. The Morgan fingerprint density at radius 2 is 1.70 bits per heavy atom. The third-order valence-corrected chi connectivity index (χ3v) is 5.08. The summed E-state index contributed by atoms with van der Waals surface area (Å²) < 4.78 is 1.67. The minimum Gasteiger partial charge on any atom is -0.182 e. The van der Waals surface area contributed by atoms with E-state index >= 15 is 0 Å². The first-order chi connectivity index (χ1) is 11.1. The van der Waals surface area contributed by atoms with Gasteiger partial charge in [0.1, 0.15) is 5.01 Å².